The third-order valence-corrected chi connectivity index (χ3v) is 2.68. The highest BCUT2D eigenvalue weighted by atomic mass is 35.5. The van der Waals surface area contributed by atoms with Gasteiger partial charge in [0, 0.05) is 10.6 Å². The number of hydrogen-bond acceptors (Lipinski definition) is 3. The van der Waals surface area contributed by atoms with Gasteiger partial charge in [-0.3, -0.25) is 10.1 Å². The molecule has 0 radical (unpaired) electrons. The van der Waals surface area contributed by atoms with Gasteiger partial charge in [0.25, 0.3) is 0 Å². The van der Waals surface area contributed by atoms with Crippen LogP contribution in [0.5, 0.6) is 0 Å². The number of rotatable bonds is 4. The lowest BCUT2D eigenvalue weighted by Gasteiger charge is -2.26. The molecule has 1 aromatic rings. The Kier molecular flexibility index (Phi) is 4.33. The zero-order valence-corrected chi connectivity index (χ0v) is 10.5. The summed E-state index contributed by atoms with van der Waals surface area (Å²) in [5.74, 6) is -0.282. The van der Waals surface area contributed by atoms with Crippen molar-refractivity contribution in [3.63, 3.8) is 0 Å². The van der Waals surface area contributed by atoms with Crippen LogP contribution in [0.3, 0.4) is 0 Å². The number of methoxy groups -OCH3 is 1. The molecule has 0 atom stereocenters. The molecule has 0 aliphatic heterocycles. The summed E-state index contributed by atoms with van der Waals surface area (Å²) in [6.07, 6.45) is 0. The average molecular weight is 242 g/mol. The summed E-state index contributed by atoms with van der Waals surface area (Å²) in [5, 5.41) is 3.81. The van der Waals surface area contributed by atoms with Gasteiger partial charge in [0.05, 0.1) is 13.7 Å². The van der Waals surface area contributed by atoms with Crippen LogP contribution in [0.2, 0.25) is 5.02 Å². The van der Waals surface area contributed by atoms with Gasteiger partial charge in [0.1, 0.15) is 0 Å². The van der Waals surface area contributed by atoms with Crippen LogP contribution in [-0.4, -0.2) is 19.6 Å². The van der Waals surface area contributed by atoms with Crippen molar-refractivity contribution in [1.82, 2.24) is 5.32 Å². The Morgan fingerprint density at radius 2 is 2.19 bits per heavy atom. The van der Waals surface area contributed by atoms with Crippen LogP contribution in [0.1, 0.15) is 19.4 Å². The molecule has 0 saturated carbocycles. The predicted molar refractivity (Wildman–Crippen MR) is 64.5 cm³/mol. The van der Waals surface area contributed by atoms with Gasteiger partial charge >= 0.3 is 5.97 Å². The molecule has 1 rings (SSSR count). The minimum atomic E-state index is -0.320. The van der Waals surface area contributed by atoms with Crippen LogP contribution in [0.4, 0.5) is 0 Å². The maximum Gasteiger partial charge on any atom is 0.319 e. The first-order valence-corrected chi connectivity index (χ1v) is 5.41. The van der Waals surface area contributed by atoms with E-state index >= 15 is 0 Å². The molecule has 0 aliphatic rings. The van der Waals surface area contributed by atoms with Crippen molar-refractivity contribution >= 4 is 17.6 Å². The van der Waals surface area contributed by atoms with Gasteiger partial charge in [-0.05, 0) is 31.5 Å². The van der Waals surface area contributed by atoms with E-state index in [2.05, 4.69) is 10.1 Å². The smallest absolute Gasteiger partial charge is 0.319 e. The lowest BCUT2D eigenvalue weighted by Crippen LogP contribution is -2.40. The Bertz CT molecular complexity index is 377. The Morgan fingerprint density at radius 3 is 2.75 bits per heavy atom. The molecule has 0 heterocycles. The number of carbonyl (C=O) groups excluding carboxylic acids is 1. The number of carbonyl (C=O) groups is 1. The molecule has 1 aromatic carbocycles. The predicted octanol–water partition coefficient (Wildman–Crippen LogP) is 2.34. The fourth-order valence-electron chi connectivity index (χ4n) is 1.34. The molecule has 0 saturated heterocycles. The second-order valence-corrected chi connectivity index (χ2v) is 4.50. The molecular weight excluding hydrogens is 226 g/mol. The number of ether oxygens (including phenoxy) is 1. The molecule has 0 bridgehead atoms. The number of halogens is 1. The molecule has 4 heteroatoms. The third-order valence-electron chi connectivity index (χ3n) is 2.45. The maximum absolute atomic E-state index is 11.0. The van der Waals surface area contributed by atoms with E-state index in [1.54, 1.807) is 0 Å². The van der Waals surface area contributed by atoms with Crippen molar-refractivity contribution < 1.29 is 9.53 Å². The van der Waals surface area contributed by atoms with Crippen molar-refractivity contribution in [2.75, 3.05) is 13.7 Å². The summed E-state index contributed by atoms with van der Waals surface area (Å²) in [5.41, 5.74) is 0.711. The SMILES string of the molecule is COC(=O)CNC(C)(C)c1cccc(Cl)c1. The molecule has 3 nitrogen and oxygen atoms in total. The first-order chi connectivity index (χ1) is 7.45. The summed E-state index contributed by atoms with van der Waals surface area (Å²) in [6, 6.07) is 7.56. The molecule has 0 amide bonds. The molecule has 0 unspecified atom stereocenters. The van der Waals surface area contributed by atoms with Crippen LogP contribution >= 0.6 is 11.6 Å². The molecular formula is C12H16ClNO2. The first-order valence-electron chi connectivity index (χ1n) is 5.03. The van der Waals surface area contributed by atoms with E-state index < -0.39 is 0 Å². The van der Waals surface area contributed by atoms with Crippen molar-refractivity contribution in [3.8, 4) is 0 Å². The van der Waals surface area contributed by atoms with E-state index in [0.717, 1.165) is 5.56 Å². The van der Waals surface area contributed by atoms with E-state index in [1.165, 1.54) is 7.11 Å². The van der Waals surface area contributed by atoms with Crippen LogP contribution in [0, 0.1) is 0 Å². The highest BCUT2D eigenvalue weighted by molar-refractivity contribution is 6.30. The van der Waals surface area contributed by atoms with Gasteiger partial charge in [-0.15, -0.1) is 0 Å². The van der Waals surface area contributed by atoms with E-state index in [9.17, 15) is 4.79 Å². The van der Waals surface area contributed by atoms with Crippen molar-refractivity contribution in [2.45, 2.75) is 19.4 Å². The van der Waals surface area contributed by atoms with Crippen LogP contribution in [-0.2, 0) is 15.1 Å². The van der Waals surface area contributed by atoms with E-state index in [0.29, 0.717) is 5.02 Å². The number of esters is 1. The molecule has 88 valence electrons. The molecule has 0 fully saturated rings. The standard InChI is InChI=1S/C12H16ClNO2/c1-12(2,14-8-11(15)16-3)9-5-4-6-10(13)7-9/h4-7,14H,8H2,1-3H3. The molecule has 0 aromatic heterocycles. The minimum absolute atomic E-state index is 0.177. The second kappa shape index (κ2) is 5.32. The van der Waals surface area contributed by atoms with Gasteiger partial charge in [0.15, 0.2) is 0 Å². The zero-order chi connectivity index (χ0) is 12.2. The van der Waals surface area contributed by atoms with E-state index in [1.807, 2.05) is 38.1 Å². The minimum Gasteiger partial charge on any atom is -0.468 e. The molecule has 0 aliphatic carbocycles. The Hall–Kier alpha value is -1.06. The monoisotopic (exact) mass is 241 g/mol. The molecule has 1 N–H and O–H groups in total. The fourth-order valence-corrected chi connectivity index (χ4v) is 1.53. The fraction of sp³-hybridized carbons (Fsp3) is 0.417. The summed E-state index contributed by atoms with van der Waals surface area (Å²) < 4.78 is 4.58. The van der Waals surface area contributed by atoms with Gasteiger partial charge < -0.3 is 4.74 Å². The number of benzene rings is 1. The lowest BCUT2D eigenvalue weighted by atomic mass is 9.94. The quantitative estimate of drug-likeness (QED) is 0.823. The Morgan fingerprint density at radius 1 is 1.50 bits per heavy atom. The maximum atomic E-state index is 11.0. The van der Waals surface area contributed by atoms with Gasteiger partial charge in [-0.2, -0.15) is 0 Å². The van der Waals surface area contributed by atoms with Gasteiger partial charge in [0.2, 0.25) is 0 Å². The summed E-state index contributed by atoms with van der Waals surface area (Å²) >= 11 is 5.92. The topological polar surface area (TPSA) is 38.3 Å². The summed E-state index contributed by atoms with van der Waals surface area (Å²) in [7, 11) is 1.37. The van der Waals surface area contributed by atoms with Crippen molar-refractivity contribution in [2.24, 2.45) is 0 Å². The Balaban J connectivity index is 2.73. The highest BCUT2D eigenvalue weighted by Gasteiger charge is 2.21. The normalized spacial score (nSPS) is 11.2. The summed E-state index contributed by atoms with van der Waals surface area (Å²) in [6.45, 7) is 4.15. The summed E-state index contributed by atoms with van der Waals surface area (Å²) in [4.78, 5) is 11.0. The first kappa shape index (κ1) is 13.0. The zero-order valence-electron chi connectivity index (χ0n) is 9.71. The van der Waals surface area contributed by atoms with Crippen LogP contribution in [0.15, 0.2) is 24.3 Å². The number of nitrogens with one attached hydrogen (secondary N) is 1. The van der Waals surface area contributed by atoms with Crippen LogP contribution < -0.4 is 5.32 Å². The van der Waals surface area contributed by atoms with Crippen LogP contribution in [0.25, 0.3) is 0 Å². The van der Waals surface area contributed by atoms with E-state index in [4.69, 9.17) is 11.6 Å². The lowest BCUT2D eigenvalue weighted by molar-refractivity contribution is -0.139. The second-order valence-electron chi connectivity index (χ2n) is 4.07. The Labute approximate surface area is 101 Å². The largest absolute Gasteiger partial charge is 0.468 e. The average Bonchev–Trinajstić information content (AvgIpc) is 2.26. The van der Waals surface area contributed by atoms with Gasteiger partial charge in [-0.25, -0.2) is 0 Å². The van der Waals surface area contributed by atoms with E-state index in [-0.39, 0.29) is 18.1 Å². The van der Waals surface area contributed by atoms with Crippen molar-refractivity contribution in [3.05, 3.63) is 34.9 Å². The number of hydrogen-bond donors (Lipinski definition) is 1. The molecule has 16 heavy (non-hydrogen) atoms. The molecule has 0 spiro atoms. The highest BCUT2D eigenvalue weighted by Crippen LogP contribution is 2.22. The van der Waals surface area contributed by atoms with Crippen molar-refractivity contribution in [1.29, 1.82) is 0 Å². The van der Waals surface area contributed by atoms with Gasteiger partial charge in [-0.1, -0.05) is 23.7 Å². The third kappa shape index (κ3) is 3.51.